The molecule has 0 saturated heterocycles. The van der Waals surface area contributed by atoms with Crippen LogP contribution in [-0.2, 0) is 16.6 Å². The molecule has 0 spiro atoms. The normalized spacial score (nSPS) is 12.2. The van der Waals surface area contributed by atoms with Gasteiger partial charge in [0.2, 0.25) is 10.0 Å². The first kappa shape index (κ1) is 12.6. The van der Waals surface area contributed by atoms with Crippen LogP contribution in [0.4, 0.5) is 0 Å². The molecule has 0 saturated carbocycles. The van der Waals surface area contributed by atoms with E-state index in [0.29, 0.717) is 13.1 Å². The zero-order chi connectivity index (χ0) is 11.3. The van der Waals surface area contributed by atoms with E-state index in [1.54, 1.807) is 25.4 Å². The van der Waals surface area contributed by atoms with Crippen molar-refractivity contribution < 1.29 is 8.42 Å². The van der Waals surface area contributed by atoms with Gasteiger partial charge < -0.3 is 5.32 Å². The van der Waals surface area contributed by atoms with E-state index >= 15 is 0 Å². The Morgan fingerprint density at radius 2 is 2.27 bits per heavy atom. The van der Waals surface area contributed by atoms with Crippen molar-refractivity contribution in [2.75, 3.05) is 26.4 Å². The minimum absolute atomic E-state index is 0.144. The number of hydrogen-bond donors (Lipinski definition) is 1. The minimum atomic E-state index is -3.12. The lowest BCUT2D eigenvalue weighted by molar-refractivity contribution is 0.468. The summed E-state index contributed by atoms with van der Waals surface area (Å²) in [6.45, 7) is 0.945. The molecule has 1 heterocycles. The van der Waals surface area contributed by atoms with Gasteiger partial charge in [-0.25, -0.2) is 8.42 Å². The molecule has 0 bridgehead atoms. The van der Waals surface area contributed by atoms with Crippen LogP contribution in [0, 0.1) is 0 Å². The first-order chi connectivity index (χ1) is 7.06. The van der Waals surface area contributed by atoms with E-state index in [9.17, 15) is 8.42 Å². The predicted octanol–water partition coefficient (Wildman–Crippen LogP) is 0.729. The van der Waals surface area contributed by atoms with Crippen LogP contribution < -0.4 is 5.32 Å². The second kappa shape index (κ2) is 5.60. The lowest BCUT2D eigenvalue weighted by Crippen LogP contribution is -2.32. The van der Waals surface area contributed by atoms with Crippen LogP contribution in [0.3, 0.4) is 0 Å². The Balaban J connectivity index is 2.56. The Labute approximate surface area is 95.0 Å². The predicted molar refractivity (Wildman–Crippen MR) is 63.5 cm³/mol. The summed E-state index contributed by atoms with van der Waals surface area (Å²) in [6, 6.07) is 3.86. The van der Waals surface area contributed by atoms with E-state index in [1.807, 2.05) is 17.5 Å². The van der Waals surface area contributed by atoms with Gasteiger partial charge in [-0.1, -0.05) is 6.07 Å². The average molecular weight is 248 g/mol. The Bertz CT molecular complexity index is 373. The first-order valence-electron chi connectivity index (χ1n) is 4.67. The number of sulfonamides is 1. The number of nitrogens with one attached hydrogen (secondary N) is 1. The zero-order valence-electron chi connectivity index (χ0n) is 8.93. The fourth-order valence-corrected chi connectivity index (χ4v) is 3.06. The second-order valence-corrected chi connectivity index (χ2v) is 6.48. The van der Waals surface area contributed by atoms with Gasteiger partial charge in [-0.3, -0.25) is 0 Å². The van der Waals surface area contributed by atoms with E-state index in [0.717, 1.165) is 4.88 Å². The minimum Gasteiger partial charge on any atom is -0.319 e. The third-order valence-electron chi connectivity index (χ3n) is 2.04. The Hall–Kier alpha value is -0.430. The summed E-state index contributed by atoms with van der Waals surface area (Å²) < 4.78 is 24.8. The quantitative estimate of drug-likeness (QED) is 0.807. The van der Waals surface area contributed by atoms with Crippen LogP contribution in [0.2, 0.25) is 0 Å². The molecular weight excluding hydrogens is 232 g/mol. The molecule has 1 N–H and O–H groups in total. The maximum Gasteiger partial charge on any atom is 0.215 e. The summed E-state index contributed by atoms with van der Waals surface area (Å²) in [5.74, 6) is 0.144. The first-order valence-corrected chi connectivity index (χ1v) is 7.16. The maximum atomic E-state index is 11.7. The molecule has 6 heteroatoms. The van der Waals surface area contributed by atoms with Crippen LogP contribution in [-0.4, -0.2) is 39.1 Å². The van der Waals surface area contributed by atoms with Crippen LogP contribution >= 0.6 is 11.3 Å². The number of rotatable bonds is 6. The third-order valence-corrected chi connectivity index (χ3v) is 4.70. The highest BCUT2D eigenvalue weighted by Gasteiger charge is 2.17. The molecule has 0 atom stereocenters. The highest BCUT2D eigenvalue weighted by molar-refractivity contribution is 7.89. The molecule has 0 unspecified atom stereocenters. The summed E-state index contributed by atoms with van der Waals surface area (Å²) in [5.41, 5.74) is 0. The van der Waals surface area contributed by atoms with E-state index in [-0.39, 0.29) is 5.75 Å². The van der Waals surface area contributed by atoms with Crippen molar-refractivity contribution in [2.24, 2.45) is 0 Å². The summed E-state index contributed by atoms with van der Waals surface area (Å²) in [4.78, 5) is 1.06. The topological polar surface area (TPSA) is 49.4 Å². The molecule has 0 aliphatic rings. The Kier molecular flexibility index (Phi) is 4.72. The van der Waals surface area contributed by atoms with E-state index in [1.165, 1.54) is 4.31 Å². The van der Waals surface area contributed by atoms with Crippen molar-refractivity contribution in [3.05, 3.63) is 22.4 Å². The van der Waals surface area contributed by atoms with E-state index in [4.69, 9.17) is 0 Å². The number of nitrogens with zero attached hydrogens (tertiary/aromatic N) is 1. The van der Waals surface area contributed by atoms with E-state index < -0.39 is 10.0 Å². The molecular formula is C9H16N2O2S2. The molecule has 1 aromatic heterocycles. The van der Waals surface area contributed by atoms with Gasteiger partial charge in [0.1, 0.15) is 0 Å². The number of hydrogen-bond acceptors (Lipinski definition) is 4. The molecule has 15 heavy (non-hydrogen) atoms. The standard InChI is InChI=1S/C9H16N2O2S2/c1-10-5-7-15(12,13)11(2)8-9-4-3-6-14-9/h3-4,6,10H,5,7-8H2,1-2H3. The smallest absolute Gasteiger partial charge is 0.215 e. The highest BCUT2D eigenvalue weighted by atomic mass is 32.2. The highest BCUT2D eigenvalue weighted by Crippen LogP contribution is 2.12. The van der Waals surface area contributed by atoms with Crippen LogP contribution in [0.25, 0.3) is 0 Å². The van der Waals surface area contributed by atoms with Gasteiger partial charge in [-0.2, -0.15) is 4.31 Å². The third kappa shape index (κ3) is 3.90. The molecule has 1 rings (SSSR count). The molecule has 0 aliphatic carbocycles. The molecule has 0 radical (unpaired) electrons. The van der Waals surface area contributed by atoms with Crippen molar-refractivity contribution in [3.8, 4) is 0 Å². The lowest BCUT2D eigenvalue weighted by atomic mass is 10.5. The van der Waals surface area contributed by atoms with Crippen LogP contribution in [0.5, 0.6) is 0 Å². The number of thiophene rings is 1. The van der Waals surface area contributed by atoms with Crippen molar-refractivity contribution in [1.29, 1.82) is 0 Å². The SMILES string of the molecule is CNCCS(=O)(=O)N(C)Cc1cccs1. The van der Waals surface area contributed by atoms with Gasteiger partial charge in [0, 0.05) is 25.0 Å². The lowest BCUT2D eigenvalue weighted by Gasteiger charge is -2.15. The van der Waals surface area contributed by atoms with Gasteiger partial charge in [-0.05, 0) is 18.5 Å². The maximum absolute atomic E-state index is 11.7. The van der Waals surface area contributed by atoms with Gasteiger partial charge in [-0.15, -0.1) is 11.3 Å². The molecule has 0 amide bonds. The largest absolute Gasteiger partial charge is 0.319 e. The van der Waals surface area contributed by atoms with Crippen molar-refractivity contribution in [3.63, 3.8) is 0 Å². The summed E-state index contributed by atoms with van der Waals surface area (Å²) >= 11 is 1.57. The van der Waals surface area contributed by atoms with Gasteiger partial charge in [0.15, 0.2) is 0 Å². The summed E-state index contributed by atoms with van der Waals surface area (Å²) in [6.07, 6.45) is 0. The van der Waals surface area contributed by atoms with E-state index in [2.05, 4.69) is 5.32 Å². The van der Waals surface area contributed by atoms with Gasteiger partial charge >= 0.3 is 0 Å². The Morgan fingerprint density at radius 3 is 2.80 bits per heavy atom. The molecule has 0 aliphatic heterocycles. The van der Waals surface area contributed by atoms with Gasteiger partial charge in [0.25, 0.3) is 0 Å². The molecule has 0 fully saturated rings. The molecule has 1 aromatic rings. The monoisotopic (exact) mass is 248 g/mol. The second-order valence-electron chi connectivity index (χ2n) is 3.25. The fourth-order valence-electron chi connectivity index (χ4n) is 1.11. The molecule has 4 nitrogen and oxygen atoms in total. The Morgan fingerprint density at radius 1 is 1.53 bits per heavy atom. The average Bonchev–Trinajstić information content (AvgIpc) is 2.67. The molecule has 0 aromatic carbocycles. The van der Waals surface area contributed by atoms with Crippen LogP contribution in [0.1, 0.15) is 4.88 Å². The fraction of sp³-hybridized carbons (Fsp3) is 0.556. The summed E-state index contributed by atoms with van der Waals surface area (Å²) in [5, 5.41) is 4.78. The molecule has 86 valence electrons. The van der Waals surface area contributed by atoms with Crippen molar-refractivity contribution >= 4 is 21.4 Å². The zero-order valence-corrected chi connectivity index (χ0v) is 10.6. The van der Waals surface area contributed by atoms with Gasteiger partial charge in [0.05, 0.1) is 5.75 Å². The van der Waals surface area contributed by atoms with Crippen molar-refractivity contribution in [1.82, 2.24) is 9.62 Å². The summed E-state index contributed by atoms with van der Waals surface area (Å²) in [7, 11) is 0.240. The van der Waals surface area contributed by atoms with Crippen LogP contribution in [0.15, 0.2) is 17.5 Å². The van der Waals surface area contributed by atoms with Crippen molar-refractivity contribution in [2.45, 2.75) is 6.54 Å².